The average molecular weight is 281 g/mol. The Hall–Kier alpha value is -1.82. The van der Waals surface area contributed by atoms with Gasteiger partial charge in [-0.1, -0.05) is 5.16 Å². The summed E-state index contributed by atoms with van der Waals surface area (Å²) in [6, 6.07) is 4.58. The molecule has 0 aromatic heterocycles. The van der Waals surface area contributed by atoms with Crippen LogP contribution in [0.4, 0.5) is 10.1 Å². The Labute approximate surface area is 117 Å². The molecule has 1 unspecified atom stereocenters. The van der Waals surface area contributed by atoms with Crippen LogP contribution in [0.15, 0.2) is 23.4 Å². The highest BCUT2D eigenvalue weighted by molar-refractivity contribution is 5.97. The summed E-state index contributed by atoms with van der Waals surface area (Å²) in [6.07, 6.45) is 2.81. The van der Waals surface area contributed by atoms with E-state index in [1.165, 1.54) is 6.07 Å². The SMILES string of the molecule is N/C(=N/O)c1ccc(N2CCCC(CCO)C2)c(F)c1. The van der Waals surface area contributed by atoms with Crippen molar-refractivity contribution in [3.05, 3.63) is 29.6 Å². The van der Waals surface area contributed by atoms with Crippen LogP contribution in [0.3, 0.4) is 0 Å². The van der Waals surface area contributed by atoms with Crippen molar-refractivity contribution in [3.8, 4) is 0 Å². The van der Waals surface area contributed by atoms with E-state index in [9.17, 15) is 4.39 Å². The Balaban J connectivity index is 2.16. The second-order valence-electron chi connectivity index (χ2n) is 5.12. The van der Waals surface area contributed by atoms with Gasteiger partial charge in [-0.05, 0) is 43.4 Å². The minimum atomic E-state index is -0.376. The predicted octanol–water partition coefficient (Wildman–Crippen LogP) is 1.52. The summed E-state index contributed by atoms with van der Waals surface area (Å²) >= 11 is 0. The molecule has 1 fully saturated rings. The lowest BCUT2D eigenvalue weighted by Gasteiger charge is -2.34. The van der Waals surface area contributed by atoms with Crippen molar-refractivity contribution in [2.75, 3.05) is 24.6 Å². The van der Waals surface area contributed by atoms with E-state index in [0.717, 1.165) is 32.4 Å². The van der Waals surface area contributed by atoms with E-state index in [-0.39, 0.29) is 18.3 Å². The van der Waals surface area contributed by atoms with Crippen molar-refractivity contribution < 1.29 is 14.7 Å². The Kier molecular flexibility index (Phi) is 4.79. The van der Waals surface area contributed by atoms with Gasteiger partial charge in [0.1, 0.15) is 5.82 Å². The van der Waals surface area contributed by atoms with Crippen LogP contribution in [-0.2, 0) is 0 Å². The number of benzene rings is 1. The minimum Gasteiger partial charge on any atom is -0.409 e. The van der Waals surface area contributed by atoms with Crippen LogP contribution in [0.25, 0.3) is 0 Å². The third-order valence-electron chi connectivity index (χ3n) is 3.75. The number of piperidine rings is 1. The van der Waals surface area contributed by atoms with Crippen LogP contribution in [0, 0.1) is 11.7 Å². The monoisotopic (exact) mass is 281 g/mol. The normalized spacial score (nSPS) is 20.2. The van der Waals surface area contributed by atoms with Crippen LogP contribution in [0.2, 0.25) is 0 Å². The first-order valence-corrected chi connectivity index (χ1v) is 6.79. The first kappa shape index (κ1) is 14.6. The first-order valence-electron chi connectivity index (χ1n) is 6.79. The zero-order valence-electron chi connectivity index (χ0n) is 11.3. The molecule has 0 spiro atoms. The number of nitrogens with two attached hydrogens (primary N) is 1. The van der Waals surface area contributed by atoms with Gasteiger partial charge in [-0.15, -0.1) is 0 Å². The van der Waals surface area contributed by atoms with E-state index >= 15 is 0 Å². The van der Waals surface area contributed by atoms with Gasteiger partial charge in [0.05, 0.1) is 5.69 Å². The lowest BCUT2D eigenvalue weighted by molar-refractivity contribution is 0.244. The summed E-state index contributed by atoms with van der Waals surface area (Å²) in [7, 11) is 0. The molecule has 1 atom stereocenters. The third-order valence-corrected chi connectivity index (χ3v) is 3.75. The third kappa shape index (κ3) is 3.19. The van der Waals surface area contributed by atoms with Crippen LogP contribution < -0.4 is 10.6 Å². The van der Waals surface area contributed by atoms with Gasteiger partial charge < -0.3 is 20.9 Å². The number of hydrogen-bond acceptors (Lipinski definition) is 4. The smallest absolute Gasteiger partial charge is 0.170 e. The number of halogens is 1. The van der Waals surface area contributed by atoms with Crippen molar-refractivity contribution in [2.24, 2.45) is 16.8 Å². The second-order valence-corrected chi connectivity index (χ2v) is 5.12. The lowest BCUT2D eigenvalue weighted by atomic mass is 9.94. The van der Waals surface area contributed by atoms with Crippen LogP contribution in [0.5, 0.6) is 0 Å². The molecule has 5 nitrogen and oxygen atoms in total. The number of anilines is 1. The van der Waals surface area contributed by atoms with E-state index in [1.807, 2.05) is 4.90 Å². The van der Waals surface area contributed by atoms with Crippen LogP contribution in [-0.4, -0.2) is 35.8 Å². The van der Waals surface area contributed by atoms with Crippen molar-refractivity contribution in [2.45, 2.75) is 19.3 Å². The summed E-state index contributed by atoms with van der Waals surface area (Å²) in [5.74, 6) is -0.0806. The number of nitrogens with zero attached hydrogens (tertiary/aromatic N) is 2. The maximum Gasteiger partial charge on any atom is 0.170 e. The molecule has 110 valence electrons. The number of aliphatic hydroxyl groups excluding tert-OH is 1. The molecule has 0 bridgehead atoms. The second kappa shape index (κ2) is 6.56. The standard InChI is InChI=1S/C14H20FN3O2/c15-12-8-11(14(16)17-20)3-4-13(12)18-6-1-2-10(9-18)5-7-19/h3-4,8,10,19-20H,1-2,5-7,9H2,(H2,16,17). The molecular formula is C14H20FN3O2. The Morgan fingerprint density at radius 1 is 1.50 bits per heavy atom. The minimum absolute atomic E-state index is 0.104. The molecule has 1 saturated heterocycles. The molecule has 0 saturated carbocycles. The topological polar surface area (TPSA) is 82.1 Å². The number of oxime groups is 1. The molecular weight excluding hydrogens is 261 g/mol. The molecule has 0 radical (unpaired) electrons. The van der Waals surface area contributed by atoms with Gasteiger partial charge in [-0.3, -0.25) is 0 Å². The number of rotatable bonds is 4. The summed E-state index contributed by atoms with van der Waals surface area (Å²) in [4.78, 5) is 2.00. The molecule has 0 aliphatic carbocycles. The van der Waals surface area contributed by atoms with Crippen LogP contribution >= 0.6 is 0 Å². The number of hydrogen-bond donors (Lipinski definition) is 3. The molecule has 1 aliphatic heterocycles. The highest BCUT2D eigenvalue weighted by Crippen LogP contribution is 2.27. The maximum atomic E-state index is 14.2. The summed E-state index contributed by atoms with van der Waals surface area (Å²) in [5.41, 5.74) is 6.33. The van der Waals surface area contributed by atoms with Gasteiger partial charge in [0.15, 0.2) is 5.84 Å². The van der Waals surface area contributed by atoms with E-state index in [1.54, 1.807) is 12.1 Å². The van der Waals surface area contributed by atoms with Gasteiger partial charge in [0, 0.05) is 25.3 Å². The summed E-state index contributed by atoms with van der Waals surface area (Å²) in [5, 5.41) is 20.5. The molecule has 1 aromatic rings. The van der Waals surface area contributed by atoms with E-state index in [0.29, 0.717) is 17.2 Å². The Morgan fingerprint density at radius 2 is 2.30 bits per heavy atom. The highest BCUT2D eigenvalue weighted by Gasteiger charge is 2.22. The van der Waals surface area contributed by atoms with Crippen molar-refractivity contribution in [3.63, 3.8) is 0 Å². The molecule has 1 aliphatic rings. The van der Waals surface area contributed by atoms with E-state index < -0.39 is 0 Å². The first-order chi connectivity index (χ1) is 9.65. The average Bonchev–Trinajstić information content (AvgIpc) is 2.47. The van der Waals surface area contributed by atoms with Gasteiger partial charge in [-0.25, -0.2) is 4.39 Å². The number of aliphatic hydroxyl groups is 1. The van der Waals surface area contributed by atoms with Crippen molar-refractivity contribution in [1.29, 1.82) is 0 Å². The quantitative estimate of drug-likeness (QED) is 0.338. The Morgan fingerprint density at radius 3 is 2.95 bits per heavy atom. The summed E-state index contributed by atoms with van der Waals surface area (Å²) in [6.45, 7) is 1.73. The van der Waals surface area contributed by atoms with E-state index in [4.69, 9.17) is 16.0 Å². The molecule has 1 aromatic carbocycles. The van der Waals surface area contributed by atoms with Crippen LogP contribution in [0.1, 0.15) is 24.8 Å². The van der Waals surface area contributed by atoms with E-state index in [2.05, 4.69) is 5.16 Å². The fourth-order valence-corrected chi connectivity index (χ4v) is 2.68. The lowest BCUT2D eigenvalue weighted by Crippen LogP contribution is -2.36. The molecule has 4 N–H and O–H groups in total. The van der Waals surface area contributed by atoms with Crippen molar-refractivity contribution in [1.82, 2.24) is 0 Å². The maximum absolute atomic E-state index is 14.2. The molecule has 20 heavy (non-hydrogen) atoms. The van der Waals surface area contributed by atoms with Gasteiger partial charge in [0.2, 0.25) is 0 Å². The molecule has 6 heteroatoms. The fraction of sp³-hybridized carbons (Fsp3) is 0.500. The zero-order valence-corrected chi connectivity index (χ0v) is 11.3. The fourth-order valence-electron chi connectivity index (χ4n) is 2.68. The molecule has 0 amide bonds. The Bertz CT molecular complexity index is 491. The molecule has 2 rings (SSSR count). The van der Waals surface area contributed by atoms with Gasteiger partial charge in [-0.2, -0.15) is 0 Å². The summed E-state index contributed by atoms with van der Waals surface area (Å²) < 4.78 is 14.2. The van der Waals surface area contributed by atoms with Crippen molar-refractivity contribution >= 4 is 11.5 Å². The zero-order chi connectivity index (χ0) is 14.5. The predicted molar refractivity (Wildman–Crippen MR) is 75.6 cm³/mol. The number of amidine groups is 1. The largest absolute Gasteiger partial charge is 0.409 e. The van der Waals surface area contributed by atoms with Gasteiger partial charge in [0.25, 0.3) is 0 Å². The highest BCUT2D eigenvalue weighted by atomic mass is 19.1. The van der Waals surface area contributed by atoms with Gasteiger partial charge >= 0.3 is 0 Å². The molecule has 1 heterocycles.